The van der Waals surface area contributed by atoms with E-state index in [1.807, 2.05) is 6.92 Å². The van der Waals surface area contributed by atoms with Crippen molar-refractivity contribution < 1.29 is 23.1 Å². The van der Waals surface area contributed by atoms with Crippen LogP contribution in [0.3, 0.4) is 0 Å². The van der Waals surface area contributed by atoms with Gasteiger partial charge in [-0.15, -0.1) is 0 Å². The van der Waals surface area contributed by atoms with Crippen LogP contribution in [-0.2, 0) is 0 Å². The summed E-state index contributed by atoms with van der Waals surface area (Å²) in [5.41, 5.74) is 4.59. The van der Waals surface area contributed by atoms with Crippen molar-refractivity contribution in [3.63, 3.8) is 0 Å². The lowest BCUT2D eigenvalue weighted by molar-refractivity contribution is 0.0940. The van der Waals surface area contributed by atoms with E-state index in [-0.39, 0.29) is 4.99 Å². The summed E-state index contributed by atoms with van der Waals surface area (Å²) >= 11 is 4.74. The summed E-state index contributed by atoms with van der Waals surface area (Å²) < 4.78 is 39.5. The second-order valence-electron chi connectivity index (χ2n) is 4.10. The van der Waals surface area contributed by atoms with Gasteiger partial charge in [-0.1, -0.05) is 25.6 Å². The molecule has 0 fully saturated rings. The molecule has 8 heteroatoms. The Morgan fingerprint density at radius 3 is 2.55 bits per heavy atom. The zero-order chi connectivity index (χ0) is 15.4. The molecule has 0 aromatic heterocycles. The molecule has 4 N–H and O–H groups in total. The zero-order valence-electron chi connectivity index (χ0n) is 10.5. The van der Waals surface area contributed by atoms with Gasteiger partial charge in [-0.25, -0.2) is 8.78 Å². The Morgan fingerprint density at radius 1 is 1.45 bits per heavy atom. The second kappa shape index (κ2) is 6.56. The first kappa shape index (κ1) is 16.2. The number of halogens is 3. The molecular formula is C12H13F3N2O2S. The van der Waals surface area contributed by atoms with Crippen LogP contribution in [-0.4, -0.2) is 22.0 Å². The third-order valence-corrected chi connectivity index (χ3v) is 2.89. The number of nitrogens with one attached hydrogen (secondary N) is 1. The lowest BCUT2D eigenvalue weighted by atomic mass is 10.1. The number of carbonyl (C=O) groups is 1. The van der Waals surface area contributed by atoms with E-state index in [1.165, 1.54) is 0 Å². The van der Waals surface area contributed by atoms with E-state index >= 15 is 0 Å². The Morgan fingerprint density at radius 2 is 2.05 bits per heavy atom. The van der Waals surface area contributed by atoms with Gasteiger partial charge in [0.2, 0.25) is 5.82 Å². The van der Waals surface area contributed by atoms with Crippen LogP contribution in [0, 0.1) is 17.5 Å². The van der Waals surface area contributed by atoms with Gasteiger partial charge in [0.05, 0.1) is 16.6 Å². The Bertz CT molecular complexity index is 552. The molecule has 0 radical (unpaired) electrons. The minimum Gasteiger partial charge on any atom is -0.503 e. The van der Waals surface area contributed by atoms with E-state index in [0.29, 0.717) is 18.9 Å². The van der Waals surface area contributed by atoms with Gasteiger partial charge < -0.3 is 16.2 Å². The van der Waals surface area contributed by atoms with Crippen molar-refractivity contribution >= 4 is 23.1 Å². The molecule has 0 heterocycles. The average Bonchev–Trinajstić information content (AvgIpc) is 2.39. The summed E-state index contributed by atoms with van der Waals surface area (Å²) in [6.45, 7) is 1.82. The number of benzene rings is 1. The Hall–Kier alpha value is -1.83. The number of aromatic hydroxyl groups is 1. The smallest absolute Gasteiger partial charge is 0.255 e. The SMILES string of the molecule is CCCC(NC(=O)c1cc(F)c(F)c(O)c1F)C(N)=S. The Kier molecular flexibility index (Phi) is 5.32. The van der Waals surface area contributed by atoms with E-state index in [9.17, 15) is 18.0 Å². The fourth-order valence-electron chi connectivity index (χ4n) is 1.57. The maximum absolute atomic E-state index is 13.5. The van der Waals surface area contributed by atoms with Crippen LogP contribution in [0.25, 0.3) is 0 Å². The van der Waals surface area contributed by atoms with Gasteiger partial charge in [-0.05, 0) is 12.5 Å². The van der Waals surface area contributed by atoms with E-state index in [2.05, 4.69) is 5.32 Å². The summed E-state index contributed by atoms with van der Waals surface area (Å²) in [4.78, 5) is 11.8. The molecule has 0 bridgehead atoms. The van der Waals surface area contributed by atoms with Gasteiger partial charge >= 0.3 is 0 Å². The molecular weight excluding hydrogens is 293 g/mol. The number of phenols is 1. The van der Waals surface area contributed by atoms with Crippen LogP contribution < -0.4 is 11.1 Å². The second-order valence-corrected chi connectivity index (χ2v) is 4.57. The summed E-state index contributed by atoms with van der Waals surface area (Å²) in [5.74, 6) is -7.41. The molecule has 1 aromatic carbocycles. The number of thiocarbonyl (C=S) groups is 1. The molecule has 20 heavy (non-hydrogen) atoms. The van der Waals surface area contributed by atoms with Crippen LogP contribution in [0.5, 0.6) is 5.75 Å². The molecule has 0 spiro atoms. The highest BCUT2D eigenvalue weighted by molar-refractivity contribution is 7.80. The molecule has 1 aromatic rings. The first-order valence-corrected chi connectivity index (χ1v) is 6.17. The normalized spacial score (nSPS) is 12.0. The predicted octanol–water partition coefficient (Wildman–Crippen LogP) is 1.99. The average molecular weight is 306 g/mol. The van der Waals surface area contributed by atoms with Gasteiger partial charge in [0.1, 0.15) is 0 Å². The maximum Gasteiger partial charge on any atom is 0.255 e. The third-order valence-electron chi connectivity index (χ3n) is 2.60. The highest BCUT2D eigenvalue weighted by Gasteiger charge is 2.24. The monoisotopic (exact) mass is 306 g/mol. The van der Waals surface area contributed by atoms with Crippen molar-refractivity contribution in [2.75, 3.05) is 0 Å². The summed E-state index contributed by atoms with van der Waals surface area (Å²) in [6, 6.07) is -0.334. The molecule has 4 nitrogen and oxygen atoms in total. The summed E-state index contributed by atoms with van der Waals surface area (Å²) in [6.07, 6.45) is 1.06. The molecule has 0 saturated carbocycles. The molecule has 1 amide bonds. The third kappa shape index (κ3) is 3.38. The Balaban J connectivity index is 3.07. The number of phenolic OH excluding ortho intramolecular Hbond substituents is 1. The number of carbonyl (C=O) groups excluding carboxylic acids is 1. The van der Waals surface area contributed by atoms with Gasteiger partial charge in [-0.2, -0.15) is 4.39 Å². The van der Waals surface area contributed by atoms with Crippen LogP contribution in [0.15, 0.2) is 6.07 Å². The van der Waals surface area contributed by atoms with Gasteiger partial charge in [-0.3, -0.25) is 4.79 Å². The predicted molar refractivity (Wildman–Crippen MR) is 70.9 cm³/mol. The van der Waals surface area contributed by atoms with E-state index in [1.54, 1.807) is 0 Å². The summed E-state index contributed by atoms with van der Waals surface area (Å²) in [7, 11) is 0. The fraction of sp³-hybridized carbons (Fsp3) is 0.333. The van der Waals surface area contributed by atoms with Gasteiger partial charge in [0.15, 0.2) is 17.4 Å². The lowest BCUT2D eigenvalue weighted by Crippen LogP contribution is -2.43. The number of nitrogens with two attached hydrogens (primary N) is 1. The zero-order valence-corrected chi connectivity index (χ0v) is 11.4. The highest BCUT2D eigenvalue weighted by atomic mass is 32.1. The minimum absolute atomic E-state index is 0.00702. The number of amides is 1. The molecule has 0 aliphatic heterocycles. The number of hydrogen-bond acceptors (Lipinski definition) is 3. The van der Waals surface area contributed by atoms with Crippen LogP contribution in [0.2, 0.25) is 0 Å². The van der Waals surface area contributed by atoms with Gasteiger partial charge in [0, 0.05) is 0 Å². The topological polar surface area (TPSA) is 75.3 Å². The van der Waals surface area contributed by atoms with Crippen molar-refractivity contribution in [2.24, 2.45) is 5.73 Å². The van der Waals surface area contributed by atoms with Crippen molar-refractivity contribution in [1.82, 2.24) is 5.32 Å². The van der Waals surface area contributed by atoms with Gasteiger partial charge in [0.25, 0.3) is 5.91 Å². The van der Waals surface area contributed by atoms with Crippen LogP contribution in [0.4, 0.5) is 13.2 Å². The molecule has 0 aliphatic rings. The highest BCUT2D eigenvalue weighted by Crippen LogP contribution is 2.25. The van der Waals surface area contributed by atoms with Crippen LogP contribution >= 0.6 is 12.2 Å². The standard InChI is InChI=1S/C12H13F3N2O2S/c1-2-3-7(11(16)20)17-12(19)5-4-6(13)9(15)10(18)8(5)14/h4,7,18H,2-3H2,1H3,(H2,16,20)(H,17,19). The van der Waals surface area contributed by atoms with Crippen molar-refractivity contribution in [2.45, 2.75) is 25.8 Å². The number of hydrogen-bond donors (Lipinski definition) is 3. The minimum atomic E-state index is -1.75. The van der Waals surface area contributed by atoms with Crippen molar-refractivity contribution in [1.29, 1.82) is 0 Å². The first-order chi connectivity index (χ1) is 9.29. The lowest BCUT2D eigenvalue weighted by Gasteiger charge is -2.17. The molecule has 110 valence electrons. The van der Waals surface area contributed by atoms with Crippen LogP contribution in [0.1, 0.15) is 30.1 Å². The van der Waals surface area contributed by atoms with E-state index < -0.39 is 40.7 Å². The summed E-state index contributed by atoms with van der Waals surface area (Å²) in [5, 5.41) is 11.3. The van der Waals surface area contributed by atoms with E-state index in [4.69, 9.17) is 23.1 Å². The molecule has 0 aliphatic carbocycles. The molecule has 0 saturated heterocycles. The first-order valence-electron chi connectivity index (χ1n) is 5.76. The largest absolute Gasteiger partial charge is 0.503 e. The van der Waals surface area contributed by atoms with Crippen molar-refractivity contribution in [3.8, 4) is 5.75 Å². The number of rotatable bonds is 5. The molecule has 1 atom stereocenters. The van der Waals surface area contributed by atoms with Crippen molar-refractivity contribution in [3.05, 3.63) is 29.1 Å². The molecule has 1 rings (SSSR count). The fourth-order valence-corrected chi connectivity index (χ4v) is 1.74. The maximum atomic E-state index is 13.5. The van der Waals surface area contributed by atoms with E-state index in [0.717, 1.165) is 0 Å². The quantitative estimate of drug-likeness (QED) is 0.574. The molecule has 1 unspecified atom stereocenters. The Labute approximate surface area is 118 Å².